The van der Waals surface area contributed by atoms with Crippen molar-refractivity contribution in [3.05, 3.63) is 26.4 Å². The summed E-state index contributed by atoms with van der Waals surface area (Å²) in [6.07, 6.45) is 1.68. The standard InChI is InChI=1S/C10H15N3O2/c1-6(2)13-9(14)7-4-3-5-11-8(7)12-10(13)15/h6,11H,3-5H2,1-2H3,(H,12,15). The molecule has 2 rings (SSSR count). The van der Waals surface area contributed by atoms with Crippen LogP contribution in [0.4, 0.5) is 5.82 Å². The van der Waals surface area contributed by atoms with Crippen molar-refractivity contribution in [2.24, 2.45) is 0 Å². The van der Waals surface area contributed by atoms with Crippen molar-refractivity contribution < 1.29 is 0 Å². The van der Waals surface area contributed by atoms with E-state index < -0.39 is 0 Å². The summed E-state index contributed by atoms with van der Waals surface area (Å²) < 4.78 is 1.27. The van der Waals surface area contributed by atoms with Gasteiger partial charge in [-0.25, -0.2) is 4.79 Å². The van der Waals surface area contributed by atoms with Gasteiger partial charge >= 0.3 is 5.69 Å². The van der Waals surface area contributed by atoms with Crippen LogP contribution in [0, 0.1) is 0 Å². The summed E-state index contributed by atoms with van der Waals surface area (Å²) >= 11 is 0. The summed E-state index contributed by atoms with van der Waals surface area (Å²) in [4.78, 5) is 26.3. The Labute approximate surface area is 87.1 Å². The molecule has 82 valence electrons. The second-order valence-electron chi connectivity index (χ2n) is 4.08. The zero-order chi connectivity index (χ0) is 11.0. The summed E-state index contributed by atoms with van der Waals surface area (Å²) in [5.41, 5.74) is 0.216. The zero-order valence-corrected chi connectivity index (χ0v) is 8.96. The normalized spacial score (nSPS) is 14.9. The molecule has 0 spiro atoms. The Bertz CT molecular complexity index is 484. The summed E-state index contributed by atoms with van der Waals surface area (Å²) in [7, 11) is 0. The monoisotopic (exact) mass is 209 g/mol. The van der Waals surface area contributed by atoms with Gasteiger partial charge in [0.15, 0.2) is 0 Å². The number of nitrogens with zero attached hydrogens (tertiary/aromatic N) is 1. The van der Waals surface area contributed by atoms with E-state index in [-0.39, 0.29) is 17.3 Å². The lowest BCUT2D eigenvalue weighted by Crippen LogP contribution is -2.40. The SMILES string of the molecule is CC(C)n1c(=O)[nH]c2c(c1=O)CCCN2. The number of fused-ring (bicyclic) bond motifs is 1. The molecule has 0 radical (unpaired) electrons. The first-order valence-corrected chi connectivity index (χ1v) is 5.23. The van der Waals surface area contributed by atoms with Crippen LogP contribution < -0.4 is 16.6 Å². The van der Waals surface area contributed by atoms with Crippen molar-refractivity contribution in [3.63, 3.8) is 0 Å². The molecule has 0 aliphatic carbocycles. The van der Waals surface area contributed by atoms with E-state index in [0.717, 1.165) is 19.4 Å². The molecule has 5 nitrogen and oxygen atoms in total. The smallest absolute Gasteiger partial charge is 0.330 e. The van der Waals surface area contributed by atoms with Gasteiger partial charge in [-0.3, -0.25) is 14.3 Å². The highest BCUT2D eigenvalue weighted by Gasteiger charge is 2.17. The first kappa shape index (κ1) is 10.0. The van der Waals surface area contributed by atoms with Gasteiger partial charge in [-0.2, -0.15) is 0 Å². The lowest BCUT2D eigenvalue weighted by Gasteiger charge is -2.19. The third kappa shape index (κ3) is 1.58. The Kier molecular flexibility index (Phi) is 2.38. The van der Waals surface area contributed by atoms with E-state index in [4.69, 9.17) is 0 Å². The molecule has 0 fully saturated rings. The lowest BCUT2D eigenvalue weighted by molar-refractivity contribution is 0.537. The molecule has 0 saturated heterocycles. The van der Waals surface area contributed by atoms with Gasteiger partial charge in [0.1, 0.15) is 5.82 Å². The van der Waals surface area contributed by atoms with Crippen molar-refractivity contribution in [2.75, 3.05) is 11.9 Å². The van der Waals surface area contributed by atoms with E-state index in [2.05, 4.69) is 10.3 Å². The largest absolute Gasteiger partial charge is 0.371 e. The fourth-order valence-corrected chi connectivity index (χ4v) is 1.92. The highest BCUT2D eigenvalue weighted by molar-refractivity contribution is 5.44. The number of H-pyrrole nitrogens is 1. The van der Waals surface area contributed by atoms with Crippen LogP contribution in [0.15, 0.2) is 9.59 Å². The van der Waals surface area contributed by atoms with Crippen LogP contribution in [0.3, 0.4) is 0 Å². The van der Waals surface area contributed by atoms with E-state index in [1.54, 1.807) is 0 Å². The Morgan fingerprint density at radius 2 is 2.07 bits per heavy atom. The van der Waals surface area contributed by atoms with Gasteiger partial charge in [0.2, 0.25) is 0 Å². The number of nitrogens with one attached hydrogen (secondary N) is 2. The van der Waals surface area contributed by atoms with E-state index in [1.807, 2.05) is 13.8 Å². The number of hydrogen-bond acceptors (Lipinski definition) is 3. The lowest BCUT2D eigenvalue weighted by atomic mass is 10.1. The van der Waals surface area contributed by atoms with Crippen LogP contribution in [0.1, 0.15) is 31.9 Å². The minimum atomic E-state index is -0.330. The fraction of sp³-hybridized carbons (Fsp3) is 0.600. The highest BCUT2D eigenvalue weighted by Crippen LogP contribution is 2.13. The van der Waals surface area contributed by atoms with Crippen molar-refractivity contribution in [2.45, 2.75) is 32.7 Å². The Morgan fingerprint density at radius 3 is 2.73 bits per heavy atom. The number of aromatic nitrogens is 2. The molecule has 15 heavy (non-hydrogen) atoms. The predicted molar refractivity (Wildman–Crippen MR) is 58.5 cm³/mol. The van der Waals surface area contributed by atoms with Crippen LogP contribution in [-0.2, 0) is 6.42 Å². The third-order valence-electron chi connectivity index (χ3n) is 2.65. The van der Waals surface area contributed by atoms with Gasteiger partial charge in [0.05, 0.1) is 5.56 Å². The molecule has 0 amide bonds. The molecule has 2 heterocycles. The second kappa shape index (κ2) is 3.56. The molecule has 1 aromatic rings. The van der Waals surface area contributed by atoms with Crippen LogP contribution >= 0.6 is 0 Å². The van der Waals surface area contributed by atoms with E-state index >= 15 is 0 Å². The summed E-state index contributed by atoms with van der Waals surface area (Å²) in [6.45, 7) is 4.48. The molecule has 1 aliphatic heterocycles. The van der Waals surface area contributed by atoms with E-state index in [9.17, 15) is 9.59 Å². The quantitative estimate of drug-likeness (QED) is 0.706. The van der Waals surface area contributed by atoms with Crippen LogP contribution in [-0.4, -0.2) is 16.1 Å². The average Bonchev–Trinajstić information content (AvgIpc) is 2.17. The Balaban J connectivity index is 2.70. The van der Waals surface area contributed by atoms with Crippen LogP contribution in [0.2, 0.25) is 0 Å². The number of rotatable bonds is 1. The molecule has 5 heteroatoms. The molecule has 0 atom stereocenters. The van der Waals surface area contributed by atoms with Gasteiger partial charge in [0.25, 0.3) is 5.56 Å². The second-order valence-corrected chi connectivity index (χ2v) is 4.08. The van der Waals surface area contributed by atoms with Gasteiger partial charge in [-0.05, 0) is 26.7 Å². The summed E-state index contributed by atoms with van der Waals surface area (Å²) in [6, 6.07) is -0.103. The van der Waals surface area contributed by atoms with Gasteiger partial charge < -0.3 is 5.32 Å². The molecule has 2 N–H and O–H groups in total. The molecular weight excluding hydrogens is 194 g/mol. The van der Waals surface area contributed by atoms with E-state index in [1.165, 1.54) is 4.57 Å². The summed E-state index contributed by atoms with van der Waals surface area (Å²) in [5, 5.41) is 3.04. The molecule has 0 saturated carbocycles. The first-order valence-electron chi connectivity index (χ1n) is 5.23. The minimum absolute atomic E-state index is 0.103. The van der Waals surface area contributed by atoms with Crippen molar-refractivity contribution >= 4 is 5.82 Å². The van der Waals surface area contributed by atoms with Crippen molar-refractivity contribution in [1.29, 1.82) is 0 Å². The number of aromatic amines is 1. The van der Waals surface area contributed by atoms with E-state index in [0.29, 0.717) is 11.4 Å². The van der Waals surface area contributed by atoms with Gasteiger partial charge in [-0.1, -0.05) is 0 Å². The maximum atomic E-state index is 12.0. The topological polar surface area (TPSA) is 66.9 Å². The Hall–Kier alpha value is -1.52. The maximum Gasteiger partial charge on any atom is 0.330 e. The third-order valence-corrected chi connectivity index (χ3v) is 2.65. The van der Waals surface area contributed by atoms with Gasteiger partial charge in [-0.15, -0.1) is 0 Å². The molecule has 0 bridgehead atoms. The predicted octanol–water partition coefficient (Wildman–Crippen LogP) is 0.476. The minimum Gasteiger partial charge on any atom is -0.371 e. The molecular formula is C10H15N3O2. The molecule has 0 aromatic carbocycles. The summed E-state index contributed by atoms with van der Waals surface area (Å²) in [5.74, 6) is 0.605. The molecule has 0 unspecified atom stereocenters. The van der Waals surface area contributed by atoms with Crippen molar-refractivity contribution in [1.82, 2.24) is 9.55 Å². The maximum absolute atomic E-state index is 12.0. The zero-order valence-electron chi connectivity index (χ0n) is 8.96. The molecule has 1 aliphatic rings. The number of hydrogen-bond donors (Lipinski definition) is 2. The highest BCUT2D eigenvalue weighted by atomic mass is 16.2. The first-order chi connectivity index (χ1) is 7.11. The van der Waals surface area contributed by atoms with Crippen LogP contribution in [0.25, 0.3) is 0 Å². The average molecular weight is 209 g/mol. The van der Waals surface area contributed by atoms with Crippen molar-refractivity contribution in [3.8, 4) is 0 Å². The Morgan fingerprint density at radius 1 is 1.33 bits per heavy atom. The van der Waals surface area contributed by atoms with Crippen LogP contribution in [0.5, 0.6) is 0 Å². The molecule has 1 aromatic heterocycles. The number of anilines is 1. The van der Waals surface area contributed by atoms with Gasteiger partial charge in [0, 0.05) is 12.6 Å². The fourth-order valence-electron chi connectivity index (χ4n) is 1.92.